The van der Waals surface area contributed by atoms with Gasteiger partial charge in [0.05, 0.1) is 32.0 Å². The molecule has 0 heterocycles. The van der Waals surface area contributed by atoms with Crippen molar-refractivity contribution in [3.63, 3.8) is 0 Å². The molecule has 0 N–H and O–H groups in total. The number of benzene rings is 1. The Kier molecular flexibility index (Phi) is 18.8. The molecule has 1 aromatic carbocycles. The van der Waals surface area contributed by atoms with E-state index in [0.717, 1.165) is 22.2 Å². The van der Waals surface area contributed by atoms with Gasteiger partial charge < -0.3 is 18.3 Å². The lowest BCUT2D eigenvalue weighted by atomic mass is 9.81. The van der Waals surface area contributed by atoms with E-state index >= 15 is 0 Å². The average Bonchev–Trinajstić information content (AvgIpc) is 2.99. The van der Waals surface area contributed by atoms with Crippen molar-refractivity contribution in [2.24, 2.45) is 29.6 Å². The lowest BCUT2D eigenvalue weighted by molar-refractivity contribution is -0.0644. The Hall–Kier alpha value is -0.716. The van der Waals surface area contributed by atoms with Crippen molar-refractivity contribution in [1.29, 1.82) is 0 Å². The summed E-state index contributed by atoms with van der Waals surface area (Å²) in [6.45, 7) is 42.0. The summed E-state index contributed by atoms with van der Waals surface area (Å²) in [5.41, 5.74) is 2.55. The summed E-state index contributed by atoms with van der Waals surface area (Å²) in [5.74, 6) is 2.31. The Morgan fingerprint density at radius 1 is 0.796 bits per heavy atom. The molecule has 0 saturated heterocycles. The van der Waals surface area contributed by atoms with Gasteiger partial charge in [0.1, 0.15) is 5.75 Å². The second-order valence-corrected chi connectivity index (χ2v) is 28.2. The van der Waals surface area contributed by atoms with Crippen molar-refractivity contribution in [3.05, 3.63) is 66.3 Å². The monoisotopic (exact) mass is 826 g/mol. The molecule has 8 atom stereocenters. The highest BCUT2D eigenvalue weighted by Crippen LogP contribution is 2.42. The van der Waals surface area contributed by atoms with Crippen LogP contribution in [0.5, 0.6) is 5.75 Å². The van der Waals surface area contributed by atoms with E-state index in [1.54, 1.807) is 7.11 Å². The van der Waals surface area contributed by atoms with E-state index in [1.165, 1.54) is 5.57 Å². The summed E-state index contributed by atoms with van der Waals surface area (Å²) in [7, 11) is -2.32. The summed E-state index contributed by atoms with van der Waals surface area (Å²) < 4.78 is 27.8. The number of methoxy groups -OCH3 is 1. The standard InChI is InChI=1S/C42H75IO4Si2/c1-19-20-21-31(3)39(45-29-36-22-24-37(44-14)25-23-36)35(7)40(47-49(17,18)42(11,12)13)33(5)27-30(2)26-32(4)38(34(6)28-43)46-48(15,16)41(8,9)10/h19-26,31-35,38-40H,1,27-29H2,2-18H3/t31-,32-,33-,34-,35+,38+,39-,40+/m0/s1. The van der Waals surface area contributed by atoms with Crippen LogP contribution in [0.3, 0.4) is 0 Å². The van der Waals surface area contributed by atoms with Crippen LogP contribution in [0.4, 0.5) is 0 Å². The first kappa shape index (κ1) is 46.3. The van der Waals surface area contributed by atoms with Gasteiger partial charge in [0, 0.05) is 16.3 Å². The van der Waals surface area contributed by atoms with E-state index in [2.05, 4.69) is 163 Å². The largest absolute Gasteiger partial charge is 0.497 e. The SMILES string of the molecule is C=CC=C[C@H](C)[C@H](OCc1ccc(OC)cc1)[C@@H](C)[C@H](O[Si](C)(C)C(C)(C)C)[C@@H](C)CC(C)=C[C@H](C)[C@@H](O[Si](C)(C)C(C)(C)C)[C@@H](C)CI. The van der Waals surface area contributed by atoms with Gasteiger partial charge in [0.25, 0.3) is 0 Å². The van der Waals surface area contributed by atoms with Gasteiger partial charge in [-0.05, 0) is 85.1 Å². The van der Waals surface area contributed by atoms with Gasteiger partial charge in [-0.25, -0.2) is 0 Å². The predicted molar refractivity (Wildman–Crippen MR) is 228 cm³/mol. The zero-order valence-corrected chi connectivity index (χ0v) is 38.7. The predicted octanol–water partition coefficient (Wildman–Crippen LogP) is 13.1. The summed E-state index contributed by atoms with van der Waals surface area (Å²) in [5, 5.41) is 0.277. The fourth-order valence-corrected chi connectivity index (χ4v) is 9.55. The van der Waals surface area contributed by atoms with E-state index in [1.807, 2.05) is 24.3 Å². The van der Waals surface area contributed by atoms with Crippen LogP contribution in [0, 0.1) is 29.6 Å². The summed E-state index contributed by atoms with van der Waals surface area (Å²) >= 11 is 2.53. The molecule has 0 aromatic heterocycles. The van der Waals surface area contributed by atoms with Crippen molar-refractivity contribution < 1.29 is 18.3 Å². The normalized spacial score (nSPS) is 18.8. The first-order chi connectivity index (χ1) is 22.4. The van der Waals surface area contributed by atoms with Crippen LogP contribution in [-0.2, 0) is 20.2 Å². The Labute approximate surface area is 319 Å². The maximum Gasteiger partial charge on any atom is 0.192 e. The van der Waals surface area contributed by atoms with Gasteiger partial charge in [-0.2, -0.15) is 0 Å². The number of ether oxygens (including phenoxy) is 2. The molecule has 1 rings (SSSR count). The first-order valence-electron chi connectivity index (χ1n) is 18.5. The highest BCUT2D eigenvalue weighted by Gasteiger charge is 2.44. The van der Waals surface area contributed by atoms with Gasteiger partial charge in [0.2, 0.25) is 0 Å². The van der Waals surface area contributed by atoms with Crippen molar-refractivity contribution in [2.45, 2.75) is 151 Å². The molecule has 4 nitrogen and oxygen atoms in total. The fourth-order valence-electron chi connectivity index (χ4n) is 6.09. The van der Waals surface area contributed by atoms with Crippen LogP contribution in [-0.4, -0.2) is 46.5 Å². The molecule has 0 aliphatic carbocycles. The number of rotatable bonds is 20. The summed E-state index contributed by atoms with van der Waals surface area (Å²) in [4.78, 5) is 0. The first-order valence-corrected chi connectivity index (χ1v) is 25.9. The van der Waals surface area contributed by atoms with Crippen molar-refractivity contribution in [3.8, 4) is 5.75 Å². The molecule has 0 spiro atoms. The Morgan fingerprint density at radius 3 is 1.76 bits per heavy atom. The Bertz CT molecular complexity index is 1180. The number of halogens is 1. The van der Waals surface area contributed by atoms with E-state index in [0.29, 0.717) is 24.4 Å². The van der Waals surface area contributed by atoms with Crippen LogP contribution in [0.1, 0.15) is 95.1 Å². The second-order valence-electron chi connectivity index (χ2n) is 17.8. The fraction of sp³-hybridized carbons (Fsp3) is 0.714. The summed E-state index contributed by atoms with van der Waals surface area (Å²) in [6, 6.07) is 8.19. The molecule has 0 unspecified atom stereocenters. The molecule has 49 heavy (non-hydrogen) atoms. The molecule has 0 aliphatic rings. The third-order valence-electron chi connectivity index (χ3n) is 11.3. The quantitative estimate of drug-likeness (QED) is 0.0431. The Balaban J connectivity index is 3.50. The maximum atomic E-state index is 7.41. The number of hydrogen-bond donors (Lipinski definition) is 0. The zero-order chi connectivity index (χ0) is 38.0. The molecular formula is C42H75IO4Si2. The van der Waals surface area contributed by atoms with Crippen LogP contribution in [0.25, 0.3) is 0 Å². The molecular weight excluding hydrogens is 752 g/mol. The third kappa shape index (κ3) is 14.3. The minimum atomic E-state index is -2.10. The van der Waals surface area contributed by atoms with E-state index < -0.39 is 16.6 Å². The van der Waals surface area contributed by atoms with Gasteiger partial charge in [-0.1, -0.05) is 147 Å². The maximum absolute atomic E-state index is 7.41. The van der Waals surface area contributed by atoms with Gasteiger partial charge >= 0.3 is 0 Å². The molecule has 0 radical (unpaired) electrons. The highest BCUT2D eigenvalue weighted by molar-refractivity contribution is 14.1. The zero-order valence-electron chi connectivity index (χ0n) is 34.6. The lowest BCUT2D eigenvalue weighted by Crippen LogP contribution is -2.50. The number of alkyl halides is 1. The minimum absolute atomic E-state index is 0.0348. The smallest absolute Gasteiger partial charge is 0.192 e. The molecule has 0 amide bonds. The number of allylic oxidation sites excluding steroid dienone is 3. The molecule has 0 bridgehead atoms. The molecule has 7 heteroatoms. The third-order valence-corrected chi connectivity index (χ3v) is 21.6. The van der Waals surface area contributed by atoms with Crippen molar-refractivity contribution >= 4 is 39.2 Å². The van der Waals surface area contributed by atoms with Crippen LogP contribution < -0.4 is 4.74 Å². The molecule has 282 valence electrons. The van der Waals surface area contributed by atoms with Gasteiger partial charge in [-0.15, -0.1) is 0 Å². The van der Waals surface area contributed by atoms with E-state index in [-0.39, 0.29) is 40.2 Å². The van der Waals surface area contributed by atoms with E-state index in [9.17, 15) is 0 Å². The van der Waals surface area contributed by atoms with Gasteiger partial charge in [-0.3, -0.25) is 0 Å². The molecule has 0 aliphatic heterocycles. The van der Waals surface area contributed by atoms with Crippen molar-refractivity contribution in [2.75, 3.05) is 11.5 Å². The minimum Gasteiger partial charge on any atom is -0.497 e. The lowest BCUT2D eigenvalue weighted by Gasteiger charge is -2.45. The van der Waals surface area contributed by atoms with Crippen LogP contribution in [0.15, 0.2) is 60.7 Å². The Morgan fingerprint density at radius 2 is 1.31 bits per heavy atom. The van der Waals surface area contributed by atoms with Gasteiger partial charge in [0.15, 0.2) is 16.6 Å². The second kappa shape index (κ2) is 19.9. The van der Waals surface area contributed by atoms with Crippen molar-refractivity contribution in [1.82, 2.24) is 0 Å². The van der Waals surface area contributed by atoms with Crippen LogP contribution in [0.2, 0.25) is 36.3 Å². The number of hydrogen-bond acceptors (Lipinski definition) is 4. The highest BCUT2D eigenvalue weighted by atomic mass is 127. The molecule has 1 aromatic rings. The van der Waals surface area contributed by atoms with E-state index in [4.69, 9.17) is 18.3 Å². The summed E-state index contributed by atoms with van der Waals surface area (Å²) in [6.07, 6.45) is 9.79. The van der Waals surface area contributed by atoms with Crippen LogP contribution >= 0.6 is 22.6 Å². The average molecular weight is 827 g/mol. The topological polar surface area (TPSA) is 36.9 Å². The molecule has 0 saturated carbocycles. The molecule has 0 fully saturated rings.